The fourth-order valence-electron chi connectivity index (χ4n) is 1.32. The van der Waals surface area contributed by atoms with Crippen molar-refractivity contribution < 1.29 is 0 Å². The van der Waals surface area contributed by atoms with Gasteiger partial charge in [-0.1, -0.05) is 43.6 Å². The van der Waals surface area contributed by atoms with Gasteiger partial charge in [-0.15, -0.1) is 0 Å². The fourth-order valence-corrected chi connectivity index (χ4v) is 1.32. The molecule has 0 saturated carbocycles. The van der Waals surface area contributed by atoms with Crippen molar-refractivity contribution in [1.29, 1.82) is 0 Å². The van der Waals surface area contributed by atoms with Gasteiger partial charge in [0.25, 0.3) is 0 Å². The largest absolute Gasteiger partial charge is 0.294 e. The summed E-state index contributed by atoms with van der Waals surface area (Å²) in [5, 5.41) is 0. The van der Waals surface area contributed by atoms with E-state index in [0.717, 1.165) is 6.67 Å². The molecular weight excluding hydrogens is 184 g/mol. The predicted molar refractivity (Wildman–Crippen MR) is 77.6 cm³/mol. The van der Waals surface area contributed by atoms with Gasteiger partial charge in [0.15, 0.2) is 0 Å². The molecular formula is C13H38N2. The summed E-state index contributed by atoms with van der Waals surface area (Å²) in [6, 6.07) is 0. The molecule has 2 nitrogen and oxygen atoms in total. The summed E-state index contributed by atoms with van der Waals surface area (Å²) in [7, 11) is 4.35. The first kappa shape index (κ1) is 29.4. The molecule has 0 rings (SSSR count). The van der Waals surface area contributed by atoms with Gasteiger partial charge in [-0.25, -0.2) is 0 Å². The molecule has 0 aromatic heterocycles. The van der Waals surface area contributed by atoms with Crippen molar-refractivity contribution in [2.45, 2.75) is 56.4 Å². The van der Waals surface area contributed by atoms with E-state index in [1.807, 2.05) is 0 Å². The molecule has 0 N–H and O–H groups in total. The molecule has 0 atom stereocenters. The minimum atomic E-state index is 0. The van der Waals surface area contributed by atoms with Crippen molar-refractivity contribution in [3.05, 3.63) is 0 Å². The quantitative estimate of drug-likeness (QED) is 0.622. The Bertz CT molecular complexity index is 74.6. The third kappa shape index (κ3) is 20.1. The SMILES string of the molecule is C.C.C.C.CCCN(C)CN(C)CCC. The summed E-state index contributed by atoms with van der Waals surface area (Å²) in [4.78, 5) is 4.71. The molecule has 0 unspecified atom stereocenters. The molecule has 0 spiro atoms. The molecule has 15 heavy (non-hydrogen) atoms. The third-order valence-corrected chi connectivity index (χ3v) is 1.69. The first-order valence-corrected chi connectivity index (χ1v) is 4.57. The highest BCUT2D eigenvalue weighted by Crippen LogP contribution is 1.91. The van der Waals surface area contributed by atoms with Crippen LogP contribution in [-0.2, 0) is 0 Å². The fraction of sp³-hybridized carbons (Fsp3) is 1.00. The molecule has 0 aromatic carbocycles. The maximum atomic E-state index is 2.36. The van der Waals surface area contributed by atoms with Crippen molar-refractivity contribution in [1.82, 2.24) is 9.80 Å². The normalized spacial score (nSPS) is 8.40. The van der Waals surface area contributed by atoms with Gasteiger partial charge in [-0.05, 0) is 40.0 Å². The molecule has 0 aliphatic rings. The maximum Gasteiger partial charge on any atom is 0.0500 e. The van der Waals surface area contributed by atoms with Crippen LogP contribution in [-0.4, -0.2) is 43.7 Å². The Hall–Kier alpha value is -0.0800. The van der Waals surface area contributed by atoms with Gasteiger partial charge in [0.2, 0.25) is 0 Å². The van der Waals surface area contributed by atoms with Crippen LogP contribution in [0.5, 0.6) is 0 Å². The summed E-state index contributed by atoms with van der Waals surface area (Å²) < 4.78 is 0. The average molecular weight is 222 g/mol. The standard InChI is InChI=1S/C9H22N2.4CH4/c1-5-7-10(3)9-11(4)8-6-2;;;;/h5-9H2,1-4H3;4*1H4. The van der Waals surface area contributed by atoms with Gasteiger partial charge >= 0.3 is 0 Å². The molecule has 0 saturated heterocycles. The molecule has 100 valence electrons. The van der Waals surface area contributed by atoms with E-state index in [4.69, 9.17) is 0 Å². The van der Waals surface area contributed by atoms with E-state index in [-0.39, 0.29) is 29.7 Å². The molecule has 0 aromatic rings. The monoisotopic (exact) mass is 222 g/mol. The second-order valence-corrected chi connectivity index (χ2v) is 3.30. The Balaban J connectivity index is -0.0000000833. The number of hydrogen-bond acceptors (Lipinski definition) is 2. The zero-order valence-electron chi connectivity index (χ0n) is 8.43. The lowest BCUT2D eigenvalue weighted by atomic mass is 10.4. The van der Waals surface area contributed by atoms with Crippen LogP contribution in [0.1, 0.15) is 56.4 Å². The Kier molecular flexibility index (Phi) is 38.2. The molecule has 2 heteroatoms. The van der Waals surface area contributed by atoms with Crippen LogP contribution in [0.15, 0.2) is 0 Å². The van der Waals surface area contributed by atoms with Crippen LogP contribution in [0.2, 0.25) is 0 Å². The highest BCUT2D eigenvalue weighted by Gasteiger charge is 1.99. The van der Waals surface area contributed by atoms with Gasteiger partial charge in [-0.2, -0.15) is 0 Å². The van der Waals surface area contributed by atoms with Gasteiger partial charge in [0.05, 0.1) is 6.67 Å². The van der Waals surface area contributed by atoms with Crippen molar-refractivity contribution in [3.63, 3.8) is 0 Å². The van der Waals surface area contributed by atoms with Crippen molar-refractivity contribution in [3.8, 4) is 0 Å². The van der Waals surface area contributed by atoms with E-state index >= 15 is 0 Å². The second-order valence-electron chi connectivity index (χ2n) is 3.30. The maximum absolute atomic E-state index is 2.36. The highest BCUT2D eigenvalue weighted by molar-refractivity contribution is 4.50. The van der Waals surface area contributed by atoms with Crippen LogP contribution in [0.25, 0.3) is 0 Å². The van der Waals surface area contributed by atoms with Crippen LogP contribution < -0.4 is 0 Å². The summed E-state index contributed by atoms with van der Waals surface area (Å²) in [5.74, 6) is 0. The van der Waals surface area contributed by atoms with Crippen LogP contribution in [0.4, 0.5) is 0 Å². The highest BCUT2D eigenvalue weighted by atomic mass is 15.3. The first-order valence-electron chi connectivity index (χ1n) is 4.57. The van der Waals surface area contributed by atoms with Crippen LogP contribution >= 0.6 is 0 Å². The lowest BCUT2D eigenvalue weighted by molar-refractivity contribution is 0.183. The Morgan fingerprint density at radius 2 is 0.933 bits per heavy atom. The number of nitrogens with zero attached hydrogens (tertiary/aromatic N) is 2. The smallest absolute Gasteiger partial charge is 0.0500 e. The summed E-state index contributed by atoms with van der Waals surface area (Å²) in [5.41, 5.74) is 0. The molecule has 0 aliphatic heterocycles. The third-order valence-electron chi connectivity index (χ3n) is 1.69. The van der Waals surface area contributed by atoms with Crippen molar-refractivity contribution in [2.75, 3.05) is 33.9 Å². The van der Waals surface area contributed by atoms with E-state index in [9.17, 15) is 0 Å². The van der Waals surface area contributed by atoms with Crippen molar-refractivity contribution in [2.24, 2.45) is 0 Å². The van der Waals surface area contributed by atoms with E-state index in [1.165, 1.54) is 25.9 Å². The van der Waals surface area contributed by atoms with Crippen LogP contribution in [0.3, 0.4) is 0 Å². The Labute approximate surface area is 101 Å². The summed E-state index contributed by atoms with van der Waals surface area (Å²) in [6.07, 6.45) is 2.49. The lowest BCUT2D eigenvalue weighted by Crippen LogP contribution is -2.33. The molecule has 0 amide bonds. The van der Waals surface area contributed by atoms with E-state index < -0.39 is 0 Å². The summed E-state index contributed by atoms with van der Waals surface area (Å²) >= 11 is 0. The van der Waals surface area contributed by atoms with Crippen LogP contribution in [0, 0.1) is 0 Å². The molecule has 0 fully saturated rings. The zero-order valence-corrected chi connectivity index (χ0v) is 8.43. The Morgan fingerprint density at radius 1 is 0.667 bits per heavy atom. The summed E-state index contributed by atoms with van der Waals surface area (Å²) in [6.45, 7) is 7.94. The van der Waals surface area contributed by atoms with Gasteiger partial charge in [0.1, 0.15) is 0 Å². The van der Waals surface area contributed by atoms with Crippen molar-refractivity contribution >= 4 is 0 Å². The minimum Gasteiger partial charge on any atom is -0.294 e. The number of hydrogen-bond donors (Lipinski definition) is 0. The lowest BCUT2D eigenvalue weighted by Gasteiger charge is -2.23. The minimum absolute atomic E-state index is 0. The predicted octanol–water partition coefficient (Wildman–Crippen LogP) is 4.17. The van der Waals surface area contributed by atoms with E-state index in [0.29, 0.717) is 0 Å². The molecule has 0 bridgehead atoms. The molecule has 0 radical (unpaired) electrons. The first-order chi connectivity index (χ1) is 5.20. The second kappa shape index (κ2) is 19.5. The topological polar surface area (TPSA) is 6.48 Å². The van der Waals surface area contributed by atoms with Gasteiger partial charge in [0, 0.05) is 0 Å². The molecule has 0 aliphatic carbocycles. The van der Waals surface area contributed by atoms with Gasteiger partial charge in [-0.3, -0.25) is 9.80 Å². The Morgan fingerprint density at radius 3 is 1.13 bits per heavy atom. The zero-order chi connectivity index (χ0) is 8.69. The number of rotatable bonds is 6. The van der Waals surface area contributed by atoms with E-state index in [2.05, 4.69) is 37.7 Å². The average Bonchev–Trinajstić information content (AvgIpc) is 1.87. The van der Waals surface area contributed by atoms with E-state index in [1.54, 1.807) is 0 Å². The molecule has 0 heterocycles. The van der Waals surface area contributed by atoms with Gasteiger partial charge < -0.3 is 0 Å².